The predicted molar refractivity (Wildman–Crippen MR) is 102 cm³/mol. The molecular formula is C20H14N2O5S. The summed E-state index contributed by atoms with van der Waals surface area (Å²) < 4.78 is 33.7. The Morgan fingerprint density at radius 2 is 1.32 bits per heavy atom. The molecule has 0 bridgehead atoms. The van der Waals surface area contributed by atoms with E-state index >= 15 is 0 Å². The van der Waals surface area contributed by atoms with E-state index in [1.807, 2.05) is 0 Å². The molecule has 3 N–H and O–H groups in total. The third kappa shape index (κ3) is 2.71. The molecule has 1 aliphatic rings. The zero-order valence-corrected chi connectivity index (χ0v) is 15.2. The number of para-hydroxylation sites is 1. The van der Waals surface area contributed by atoms with E-state index < -0.39 is 26.6 Å². The Morgan fingerprint density at radius 3 is 1.93 bits per heavy atom. The van der Waals surface area contributed by atoms with Crippen LogP contribution in [0.5, 0.6) is 0 Å². The summed E-state index contributed by atoms with van der Waals surface area (Å²) >= 11 is 0. The lowest BCUT2D eigenvalue weighted by molar-refractivity contribution is 0.0979. The number of rotatable bonds is 3. The zero-order chi connectivity index (χ0) is 20.1. The van der Waals surface area contributed by atoms with Crippen molar-refractivity contribution in [2.24, 2.45) is 5.84 Å². The van der Waals surface area contributed by atoms with E-state index in [1.54, 1.807) is 42.5 Å². The summed E-state index contributed by atoms with van der Waals surface area (Å²) in [6.07, 6.45) is 0. The van der Waals surface area contributed by atoms with Crippen LogP contribution in [0, 0.1) is 0 Å². The second kappa shape index (κ2) is 6.38. The smallest absolute Gasteiger partial charge is 0.289 e. The van der Waals surface area contributed by atoms with Gasteiger partial charge in [-0.3, -0.25) is 19.2 Å². The molecule has 3 aromatic carbocycles. The van der Waals surface area contributed by atoms with Gasteiger partial charge in [0.25, 0.3) is 10.1 Å². The van der Waals surface area contributed by atoms with Gasteiger partial charge in [0.1, 0.15) is 4.90 Å². The van der Waals surface area contributed by atoms with Crippen molar-refractivity contribution in [1.82, 2.24) is 0 Å². The monoisotopic (exact) mass is 394 g/mol. The molecule has 0 aliphatic heterocycles. The topological polar surface area (TPSA) is 118 Å². The summed E-state index contributed by atoms with van der Waals surface area (Å²) in [6, 6.07) is 16.9. The first-order chi connectivity index (χ1) is 13.3. The lowest BCUT2D eigenvalue weighted by atomic mass is 9.83. The molecule has 0 saturated heterocycles. The van der Waals surface area contributed by atoms with Crippen LogP contribution in [0.1, 0.15) is 31.8 Å². The first kappa shape index (κ1) is 18.1. The Bertz CT molecular complexity index is 1240. The highest BCUT2D eigenvalue weighted by Crippen LogP contribution is 2.39. The van der Waals surface area contributed by atoms with Gasteiger partial charge >= 0.3 is 0 Å². The van der Waals surface area contributed by atoms with E-state index in [0.717, 1.165) is 11.1 Å². The second-order valence-corrected chi connectivity index (χ2v) is 7.61. The number of hydrogen-bond acceptors (Lipinski definition) is 6. The highest BCUT2D eigenvalue weighted by molar-refractivity contribution is 7.86. The molecule has 0 saturated carbocycles. The molecule has 28 heavy (non-hydrogen) atoms. The molecular weight excluding hydrogens is 380 g/mol. The van der Waals surface area contributed by atoms with Gasteiger partial charge < -0.3 is 0 Å². The van der Waals surface area contributed by atoms with E-state index in [9.17, 15) is 22.6 Å². The van der Waals surface area contributed by atoms with Gasteiger partial charge in [0, 0.05) is 16.7 Å². The fourth-order valence-corrected chi connectivity index (χ4v) is 4.00. The number of carbonyl (C=O) groups excluding carboxylic acids is 2. The zero-order valence-electron chi connectivity index (χ0n) is 14.4. The third-order valence-electron chi connectivity index (χ3n) is 4.58. The maximum atomic E-state index is 13.2. The second-order valence-electron chi connectivity index (χ2n) is 6.22. The minimum absolute atomic E-state index is 0.0254. The normalized spacial score (nSPS) is 13.1. The third-order valence-corrected chi connectivity index (χ3v) is 5.47. The lowest BCUT2D eigenvalue weighted by Gasteiger charge is -2.27. The molecule has 7 nitrogen and oxygen atoms in total. The van der Waals surface area contributed by atoms with Crippen molar-refractivity contribution in [1.29, 1.82) is 0 Å². The summed E-state index contributed by atoms with van der Waals surface area (Å²) in [7, 11) is -4.72. The van der Waals surface area contributed by atoms with Crippen LogP contribution in [0.3, 0.4) is 0 Å². The lowest BCUT2D eigenvalue weighted by Crippen LogP contribution is -2.32. The Balaban J connectivity index is 2.07. The highest BCUT2D eigenvalue weighted by atomic mass is 32.2. The van der Waals surface area contributed by atoms with Crippen molar-refractivity contribution >= 4 is 33.1 Å². The summed E-state index contributed by atoms with van der Waals surface area (Å²) in [4.78, 5) is 25.5. The maximum Gasteiger partial charge on any atom is 0.296 e. The molecule has 8 heteroatoms. The van der Waals surface area contributed by atoms with Crippen molar-refractivity contribution in [2.45, 2.75) is 4.90 Å². The summed E-state index contributed by atoms with van der Waals surface area (Å²) in [5.41, 5.74) is 0.366. The Hall–Kier alpha value is -3.33. The van der Waals surface area contributed by atoms with Crippen LogP contribution in [0.15, 0.2) is 71.6 Å². The molecule has 4 rings (SSSR count). The molecule has 0 amide bonds. The van der Waals surface area contributed by atoms with Crippen molar-refractivity contribution < 1.29 is 22.6 Å². The number of nitrogens with zero attached hydrogens (tertiary/aromatic N) is 1. The minimum Gasteiger partial charge on any atom is -0.289 e. The number of carbonyl (C=O) groups is 2. The van der Waals surface area contributed by atoms with Gasteiger partial charge in [-0.2, -0.15) is 8.42 Å². The number of fused-ring (bicyclic) bond motifs is 2. The van der Waals surface area contributed by atoms with Crippen molar-refractivity contribution in [3.63, 3.8) is 0 Å². The van der Waals surface area contributed by atoms with Crippen molar-refractivity contribution in [3.8, 4) is 0 Å². The van der Waals surface area contributed by atoms with Crippen LogP contribution in [0.2, 0.25) is 0 Å². The number of hydrazine groups is 1. The van der Waals surface area contributed by atoms with E-state index in [2.05, 4.69) is 0 Å². The van der Waals surface area contributed by atoms with Gasteiger partial charge in [-0.1, -0.05) is 42.5 Å². The van der Waals surface area contributed by atoms with E-state index in [0.29, 0.717) is 5.69 Å². The summed E-state index contributed by atoms with van der Waals surface area (Å²) in [6.45, 7) is 0. The van der Waals surface area contributed by atoms with Crippen LogP contribution in [0.25, 0.3) is 0 Å². The van der Waals surface area contributed by atoms with Crippen LogP contribution in [-0.2, 0) is 10.1 Å². The van der Waals surface area contributed by atoms with E-state index in [1.165, 1.54) is 18.2 Å². The van der Waals surface area contributed by atoms with E-state index in [4.69, 9.17) is 5.84 Å². The molecule has 3 aromatic rings. The molecule has 0 atom stereocenters. The quantitative estimate of drug-likeness (QED) is 0.312. The number of ketones is 2. The first-order valence-corrected chi connectivity index (χ1v) is 9.67. The Kier molecular flexibility index (Phi) is 4.11. The molecule has 0 fully saturated rings. The van der Waals surface area contributed by atoms with Gasteiger partial charge in [-0.25, -0.2) is 5.84 Å². The first-order valence-electron chi connectivity index (χ1n) is 8.23. The van der Waals surface area contributed by atoms with Gasteiger partial charge in [0.2, 0.25) is 0 Å². The molecule has 0 heterocycles. The number of anilines is 2. The number of nitrogens with two attached hydrogens (primary N) is 1. The molecule has 140 valence electrons. The molecule has 0 aromatic heterocycles. The Labute approximate surface area is 160 Å². The maximum absolute atomic E-state index is 13.2. The van der Waals surface area contributed by atoms with Crippen LogP contribution in [0.4, 0.5) is 11.4 Å². The molecule has 0 unspecified atom stereocenters. The van der Waals surface area contributed by atoms with E-state index in [-0.39, 0.29) is 27.9 Å². The van der Waals surface area contributed by atoms with Crippen LogP contribution < -0.4 is 10.9 Å². The molecule has 0 spiro atoms. The van der Waals surface area contributed by atoms with Gasteiger partial charge in [0.15, 0.2) is 11.6 Å². The van der Waals surface area contributed by atoms with Crippen LogP contribution in [-0.4, -0.2) is 24.5 Å². The molecule has 0 radical (unpaired) electrons. The van der Waals surface area contributed by atoms with Crippen LogP contribution >= 0.6 is 0 Å². The fourth-order valence-electron chi connectivity index (χ4n) is 3.32. The summed E-state index contributed by atoms with van der Waals surface area (Å²) in [5.74, 6) is 5.19. The molecule has 1 aliphatic carbocycles. The summed E-state index contributed by atoms with van der Waals surface area (Å²) in [5, 5.41) is 0.987. The van der Waals surface area contributed by atoms with Gasteiger partial charge in [-0.05, 0) is 24.3 Å². The number of hydrogen-bond donors (Lipinski definition) is 2. The average molecular weight is 394 g/mol. The van der Waals surface area contributed by atoms with Gasteiger partial charge in [-0.15, -0.1) is 0 Å². The fraction of sp³-hybridized carbons (Fsp3) is 0. The van der Waals surface area contributed by atoms with Gasteiger partial charge in [0.05, 0.1) is 16.9 Å². The highest BCUT2D eigenvalue weighted by Gasteiger charge is 2.36. The predicted octanol–water partition coefficient (Wildman–Crippen LogP) is 2.72. The number of benzene rings is 3. The standard InChI is InChI=1S/C20H14N2O5S/c21-22(12-6-2-1-3-7-12)18-16(28(25,26)27)11-10-15-17(18)20(24)14-9-5-4-8-13(14)19(15)23/h1-11H,21H2,(H,25,26,27). The SMILES string of the molecule is NN(c1ccccc1)c1c(S(=O)(=O)O)ccc2c1C(=O)c1ccccc1C2=O. The van der Waals surface area contributed by atoms with Crippen molar-refractivity contribution in [2.75, 3.05) is 5.01 Å². The van der Waals surface area contributed by atoms with Crippen molar-refractivity contribution in [3.05, 3.63) is 89.0 Å². The average Bonchev–Trinajstić information content (AvgIpc) is 2.70. The minimum atomic E-state index is -4.72. The Morgan fingerprint density at radius 1 is 0.750 bits per heavy atom. The largest absolute Gasteiger partial charge is 0.296 e.